The topological polar surface area (TPSA) is 114 Å². The SMILES string of the molecule is CNC(=O)c1ccc(C(=O)Nc2cc(NC(=O)c3ccc4c(c3)c(-c3ccc(C)cc3C)nn4C)ccc2OC)cc1. The number of hydrogen-bond acceptors (Lipinski definition) is 5. The highest BCUT2D eigenvalue weighted by molar-refractivity contribution is 6.09. The Kier molecular flexibility index (Phi) is 7.75. The summed E-state index contributed by atoms with van der Waals surface area (Å²) < 4.78 is 7.24. The zero-order valence-corrected chi connectivity index (χ0v) is 24.0. The minimum absolute atomic E-state index is 0.240. The lowest BCUT2D eigenvalue weighted by atomic mass is 10.00. The fourth-order valence-electron chi connectivity index (χ4n) is 4.88. The highest BCUT2D eigenvalue weighted by atomic mass is 16.5. The van der Waals surface area contributed by atoms with Crippen LogP contribution in [0.4, 0.5) is 11.4 Å². The molecule has 0 saturated heterocycles. The molecule has 212 valence electrons. The van der Waals surface area contributed by atoms with Gasteiger partial charge in [0.05, 0.1) is 18.3 Å². The van der Waals surface area contributed by atoms with Crippen molar-refractivity contribution in [3.8, 4) is 17.0 Å². The molecule has 0 aliphatic carbocycles. The molecule has 5 rings (SSSR count). The van der Waals surface area contributed by atoms with E-state index in [-0.39, 0.29) is 17.7 Å². The van der Waals surface area contributed by atoms with Gasteiger partial charge in [0.1, 0.15) is 11.4 Å². The largest absolute Gasteiger partial charge is 0.495 e. The monoisotopic (exact) mass is 561 g/mol. The van der Waals surface area contributed by atoms with Crippen LogP contribution in [0.2, 0.25) is 0 Å². The summed E-state index contributed by atoms with van der Waals surface area (Å²) in [6, 6.07) is 23.0. The molecule has 3 N–H and O–H groups in total. The van der Waals surface area contributed by atoms with Crippen LogP contribution in [0, 0.1) is 13.8 Å². The maximum atomic E-state index is 13.4. The number of benzene rings is 4. The van der Waals surface area contributed by atoms with Gasteiger partial charge >= 0.3 is 0 Å². The van der Waals surface area contributed by atoms with Crippen LogP contribution in [-0.2, 0) is 7.05 Å². The zero-order valence-electron chi connectivity index (χ0n) is 24.0. The molecule has 42 heavy (non-hydrogen) atoms. The fourth-order valence-corrected chi connectivity index (χ4v) is 4.88. The van der Waals surface area contributed by atoms with E-state index < -0.39 is 0 Å². The van der Waals surface area contributed by atoms with E-state index in [1.807, 2.05) is 23.9 Å². The third-order valence-electron chi connectivity index (χ3n) is 7.09. The number of aromatic nitrogens is 2. The Labute approximate surface area is 243 Å². The van der Waals surface area contributed by atoms with E-state index in [1.54, 1.807) is 55.6 Å². The van der Waals surface area contributed by atoms with Crippen molar-refractivity contribution in [3.05, 3.63) is 107 Å². The van der Waals surface area contributed by atoms with Gasteiger partial charge in [-0.25, -0.2) is 0 Å². The van der Waals surface area contributed by atoms with Crippen LogP contribution >= 0.6 is 0 Å². The Morgan fingerprint density at radius 3 is 2.10 bits per heavy atom. The van der Waals surface area contributed by atoms with Crippen LogP contribution in [-0.4, -0.2) is 41.7 Å². The molecule has 0 aliphatic heterocycles. The second kappa shape index (κ2) is 11.6. The Morgan fingerprint density at radius 1 is 0.762 bits per heavy atom. The summed E-state index contributed by atoms with van der Waals surface area (Å²) >= 11 is 0. The molecule has 0 aliphatic rings. The Morgan fingerprint density at radius 2 is 1.43 bits per heavy atom. The second-order valence-electron chi connectivity index (χ2n) is 10.0. The van der Waals surface area contributed by atoms with E-state index in [0.717, 1.165) is 27.7 Å². The smallest absolute Gasteiger partial charge is 0.255 e. The predicted octanol–water partition coefficient (Wildman–Crippen LogP) is 5.73. The molecule has 4 aromatic carbocycles. The Hall–Kier alpha value is -5.44. The molecule has 9 heteroatoms. The minimum atomic E-state index is -0.388. The van der Waals surface area contributed by atoms with Gasteiger partial charge in [-0.1, -0.05) is 23.8 Å². The lowest BCUT2D eigenvalue weighted by Gasteiger charge is -2.13. The van der Waals surface area contributed by atoms with Crippen molar-refractivity contribution in [2.75, 3.05) is 24.8 Å². The first-order chi connectivity index (χ1) is 20.2. The van der Waals surface area contributed by atoms with Gasteiger partial charge in [-0.05, 0) is 80.1 Å². The maximum Gasteiger partial charge on any atom is 0.255 e. The van der Waals surface area contributed by atoms with Crippen molar-refractivity contribution in [3.63, 3.8) is 0 Å². The second-order valence-corrected chi connectivity index (χ2v) is 10.0. The molecule has 0 fully saturated rings. The standard InChI is InChI=1S/C33H31N5O4/c1-19-6-13-25(20(2)16-19)30-26-17-23(11-14-28(26)38(4)37-30)33(41)35-24-12-15-29(42-5)27(18-24)36-32(40)22-9-7-21(8-10-22)31(39)34-3/h6-18H,1-5H3,(H,34,39)(H,35,41)(H,36,40). The van der Waals surface area contributed by atoms with Crippen molar-refractivity contribution in [1.82, 2.24) is 15.1 Å². The van der Waals surface area contributed by atoms with E-state index in [0.29, 0.717) is 33.8 Å². The first-order valence-corrected chi connectivity index (χ1v) is 13.4. The number of ether oxygens (including phenoxy) is 1. The summed E-state index contributed by atoms with van der Waals surface area (Å²) in [7, 11) is 4.93. The van der Waals surface area contributed by atoms with Gasteiger partial charge in [0.25, 0.3) is 17.7 Å². The lowest BCUT2D eigenvalue weighted by Crippen LogP contribution is -2.18. The number of hydrogen-bond donors (Lipinski definition) is 3. The summed E-state index contributed by atoms with van der Waals surface area (Å²) in [5, 5.41) is 13.9. The van der Waals surface area contributed by atoms with Crippen LogP contribution in [0.1, 0.15) is 42.2 Å². The van der Waals surface area contributed by atoms with E-state index in [4.69, 9.17) is 9.84 Å². The summed E-state index contributed by atoms with van der Waals surface area (Å²) in [5.74, 6) is -0.504. The predicted molar refractivity (Wildman–Crippen MR) is 164 cm³/mol. The summed E-state index contributed by atoms with van der Waals surface area (Å²) in [6.45, 7) is 4.11. The molecule has 0 radical (unpaired) electrons. The number of nitrogens with zero attached hydrogens (tertiary/aromatic N) is 2. The number of nitrogens with one attached hydrogen (secondary N) is 3. The van der Waals surface area contributed by atoms with Crippen LogP contribution < -0.4 is 20.7 Å². The maximum absolute atomic E-state index is 13.4. The molecule has 1 aromatic heterocycles. The first kappa shape index (κ1) is 28.1. The van der Waals surface area contributed by atoms with Gasteiger partial charge < -0.3 is 20.7 Å². The van der Waals surface area contributed by atoms with Gasteiger partial charge in [-0.2, -0.15) is 5.10 Å². The van der Waals surface area contributed by atoms with Crippen LogP contribution in [0.15, 0.2) is 78.9 Å². The van der Waals surface area contributed by atoms with Gasteiger partial charge in [0.2, 0.25) is 0 Å². The van der Waals surface area contributed by atoms with Crippen molar-refractivity contribution < 1.29 is 19.1 Å². The van der Waals surface area contributed by atoms with Gasteiger partial charge in [0.15, 0.2) is 0 Å². The molecule has 0 unspecified atom stereocenters. The summed E-state index contributed by atoms with van der Waals surface area (Å²) in [6.07, 6.45) is 0. The Bertz CT molecular complexity index is 1840. The molecule has 9 nitrogen and oxygen atoms in total. The average Bonchev–Trinajstić information content (AvgIpc) is 3.32. The molecular formula is C33H31N5O4. The van der Waals surface area contributed by atoms with Gasteiger partial charge in [-0.3, -0.25) is 19.1 Å². The van der Waals surface area contributed by atoms with E-state index in [2.05, 4.69) is 48.0 Å². The van der Waals surface area contributed by atoms with Crippen LogP contribution in [0.5, 0.6) is 5.75 Å². The zero-order chi connectivity index (χ0) is 30.0. The van der Waals surface area contributed by atoms with Crippen molar-refractivity contribution in [2.45, 2.75) is 13.8 Å². The summed E-state index contributed by atoms with van der Waals surface area (Å²) in [5.41, 5.74) is 7.18. The van der Waals surface area contributed by atoms with Crippen molar-refractivity contribution in [2.24, 2.45) is 7.05 Å². The molecule has 0 saturated carbocycles. The molecular weight excluding hydrogens is 530 g/mol. The first-order valence-electron chi connectivity index (χ1n) is 13.4. The minimum Gasteiger partial charge on any atom is -0.495 e. The molecule has 0 spiro atoms. The van der Waals surface area contributed by atoms with E-state index in [1.165, 1.54) is 12.7 Å². The number of aryl methyl sites for hydroxylation is 3. The number of carbonyl (C=O) groups is 3. The van der Waals surface area contributed by atoms with E-state index >= 15 is 0 Å². The van der Waals surface area contributed by atoms with E-state index in [9.17, 15) is 14.4 Å². The number of fused-ring (bicyclic) bond motifs is 1. The Balaban J connectivity index is 1.39. The number of rotatable bonds is 7. The van der Waals surface area contributed by atoms with Crippen molar-refractivity contribution in [1.29, 1.82) is 0 Å². The number of carbonyl (C=O) groups excluding carboxylic acids is 3. The normalized spacial score (nSPS) is 10.8. The highest BCUT2D eigenvalue weighted by Gasteiger charge is 2.17. The molecule has 0 atom stereocenters. The molecule has 1 heterocycles. The average molecular weight is 562 g/mol. The van der Waals surface area contributed by atoms with Gasteiger partial charge in [-0.15, -0.1) is 0 Å². The molecule has 5 aromatic rings. The quantitative estimate of drug-likeness (QED) is 0.235. The fraction of sp³-hybridized carbons (Fsp3) is 0.152. The van der Waals surface area contributed by atoms with Crippen LogP contribution in [0.25, 0.3) is 22.2 Å². The highest BCUT2D eigenvalue weighted by Crippen LogP contribution is 2.32. The number of anilines is 2. The van der Waals surface area contributed by atoms with Gasteiger partial charge in [0, 0.05) is 47.4 Å². The third-order valence-corrected chi connectivity index (χ3v) is 7.09. The number of amides is 3. The molecule has 0 bridgehead atoms. The lowest BCUT2D eigenvalue weighted by molar-refractivity contribution is 0.0960. The summed E-state index contributed by atoms with van der Waals surface area (Å²) in [4.78, 5) is 38.1. The number of methoxy groups -OCH3 is 1. The third kappa shape index (κ3) is 5.57. The molecule has 3 amide bonds. The van der Waals surface area contributed by atoms with Crippen molar-refractivity contribution >= 4 is 40.0 Å². The van der Waals surface area contributed by atoms with Crippen LogP contribution in [0.3, 0.4) is 0 Å².